The lowest BCUT2D eigenvalue weighted by Crippen LogP contribution is -1.99. The number of hydrogen-bond donors (Lipinski definition) is 0. The van der Waals surface area contributed by atoms with Crippen molar-refractivity contribution in [1.29, 1.82) is 0 Å². The maximum Gasteiger partial charge on any atom is 0.0547 e. The molecule has 1 atom stereocenters. The van der Waals surface area contributed by atoms with Crippen LogP contribution < -0.4 is 0 Å². The van der Waals surface area contributed by atoms with Gasteiger partial charge in [0.1, 0.15) is 0 Å². The average molecular weight is 698 g/mol. The maximum atomic E-state index is 2.50. The van der Waals surface area contributed by atoms with Gasteiger partial charge in [0.05, 0.1) is 16.7 Å². The molecule has 55 heavy (non-hydrogen) atoms. The molecule has 0 bridgehead atoms. The third-order valence-corrected chi connectivity index (χ3v) is 12.3. The summed E-state index contributed by atoms with van der Waals surface area (Å²) in [4.78, 5) is 0. The van der Waals surface area contributed by atoms with Crippen molar-refractivity contribution in [1.82, 2.24) is 4.57 Å². The van der Waals surface area contributed by atoms with E-state index >= 15 is 0 Å². The van der Waals surface area contributed by atoms with E-state index in [-0.39, 0.29) is 5.92 Å². The van der Waals surface area contributed by atoms with Crippen LogP contribution in [0.4, 0.5) is 0 Å². The summed E-state index contributed by atoms with van der Waals surface area (Å²) in [5, 5.41) is 5.15. The first-order chi connectivity index (χ1) is 27.3. The Kier molecular flexibility index (Phi) is 6.53. The molecule has 0 N–H and O–H groups in total. The van der Waals surface area contributed by atoms with Gasteiger partial charge in [0, 0.05) is 22.1 Å². The largest absolute Gasteiger partial charge is 0.309 e. The highest BCUT2D eigenvalue weighted by atomic mass is 15.0. The molecule has 0 saturated heterocycles. The Morgan fingerprint density at radius 1 is 0.400 bits per heavy atom. The van der Waals surface area contributed by atoms with Crippen LogP contribution in [-0.2, 0) is 6.42 Å². The van der Waals surface area contributed by atoms with E-state index in [1.54, 1.807) is 0 Å². The second-order valence-corrected chi connectivity index (χ2v) is 15.2. The van der Waals surface area contributed by atoms with Gasteiger partial charge in [-0.2, -0.15) is 0 Å². The van der Waals surface area contributed by atoms with Gasteiger partial charge < -0.3 is 4.57 Å². The zero-order chi connectivity index (χ0) is 36.0. The number of fused-ring (bicyclic) bond motifs is 11. The molecule has 1 unspecified atom stereocenters. The van der Waals surface area contributed by atoms with E-state index in [2.05, 4.69) is 199 Å². The van der Waals surface area contributed by atoms with Gasteiger partial charge in [-0.05, 0) is 114 Å². The molecule has 9 aromatic carbocycles. The molecule has 0 saturated carbocycles. The molecule has 1 nitrogen and oxygen atoms in total. The van der Waals surface area contributed by atoms with Crippen LogP contribution in [0.3, 0.4) is 0 Å². The van der Waals surface area contributed by atoms with E-state index < -0.39 is 0 Å². The number of aromatic nitrogens is 1. The molecule has 1 aromatic heterocycles. The second kappa shape index (κ2) is 11.8. The Bertz CT molecular complexity index is 3160. The molecule has 10 aromatic rings. The minimum atomic E-state index is 0.203. The van der Waals surface area contributed by atoms with Crippen LogP contribution in [0.2, 0.25) is 0 Å². The summed E-state index contributed by atoms with van der Waals surface area (Å²) in [6, 6.07) is 72.3. The predicted octanol–water partition coefficient (Wildman–Crippen LogP) is 14.0. The molecular weight excluding hydrogens is 663 g/mol. The van der Waals surface area contributed by atoms with Crippen LogP contribution in [-0.4, -0.2) is 4.57 Å². The van der Waals surface area contributed by atoms with Crippen LogP contribution in [0, 0.1) is 0 Å². The quantitative estimate of drug-likeness (QED) is 0.173. The van der Waals surface area contributed by atoms with Gasteiger partial charge in [0.25, 0.3) is 0 Å². The first-order valence-corrected chi connectivity index (χ1v) is 19.3. The first kappa shape index (κ1) is 30.5. The minimum Gasteiger partial charge on any atom is -0.309 e. The maximum absolute atomic E-state index is 2.50. The van der Waals surface area contributed by atoms with E-state index in [0.29, 0.717) is 0 Å². The monoisotopic (exact) mass is 697 g/mol. The molecule has 1 heteroatoms. The highest BCUT2D eigenvalue weighted by Gasteiger charge is 2.30. The topological polar surface area (TPSA) is 4.93 Å². The highest BCUT2D eigenvalue weighted by Crippen LogP contribution is 2.50. The van der Waals surface area contributed by atoms with Crippen LogP contribution in [0.1, 0.15) is 33.7 Å². The lowest BCUT2D eigenvalue weighted by molar-refractivity contribution is 1.02. The Balaban J connectivity index is 1.04. The first-order valence-electron chi connectivity index (χ1n) is 19.3. The van der Waals surface area contributed by atoms with Crippen molar-refractivity contribution in [2.75, 3.05) is 0 Å². The Hall–Kier alpha value is -6.96. The van der Waals surface area contributed by atoms with Crippen molar-refractivity contribution in [2.45, 2.75) is 12.3 Å². The van der Waals surface area contributed by atoms with Crippen molar-refractivity contribution in [3.63, 3.8) is 0 Å². The SMILES string of the molecule is c1ccc(-c2ccc(C3c4ccccc4-c4cc(-c5ccc6c(c5)c5c7c(ccc5n6-c5cccc6ccccc56)Cc5ccccc5-7)ccc43)cc2)cc1. The Labute approximate surface area is 320 Å². The van der Waals surface area contributed by atoms with E-state index in [1.807, 2.05) is 0 Å². The molecule has 0 fully saturated rings. The van der Waals surface area contributed by atoms with Crippen LogP contribution in [0.5, 0.6) is 0 Å². The van der Waals surface area contributed by atoms with Gasteiger partial charge in [-0.15, -0.1) is 0 Å². The standard InChI is InChI=1S/C54H35N/c1-2-11-34(12-3-1)35-21-23-37(24-22-35)52-45-19-9-8-18-44(45)47-32-38(25-28-46(47)52)39-26-29-50-48(33-39)54-51(30-27-41-31-40-14-5-7-17-43(40)53(41)54)55(50)49-20-10-15-36-13-4-6-16-42(36)49/h1-30,32-33,52H,31H2. The average Bonchev–Trinajstić information content (AvgIpc) is 3.91. The zero-order valence-corrected chi connectivity index (χ0v) is 30.2. The van der Waals surface area contributed by atoms with E-state index in [1.165, 1.54) is 111 Å². The normalized spacial score (nSPS) is 13.9. The Morgan fingerprint density at radius 2 is 1.07 bits per heavy atom. The summed E-state index contributed by atoms with van der Waals surface area (Å²) in [5.74, 6) is 0.203. The fraction of sp³-hybridized carbons (Fsp3) is 0.0370. The molecule has 0 radical (unpaired) electrons. The predicted molar refractivity (Wildman–Crippen MR) is 230 cm³/mol. The number of hydrogen-bond acceptors (Lipinski definition) is 0. The summed E-state index contributed by atoms with van der Waals surface area (Å²) >= 11 is 0. The second-order valence-electron chi connectivity index (χ2n) is 15.2. The molecule has 0 spiro atoms. The van der Waals surface area contributed by atoms with Crippen molar-refractivity contribution in [3.8, 4) is 50.2 Å². The summed E-state index contributed by atoms with van der Waals surface area (Å²) in [5.41, 5.74) is 21.0. The minimum absolute atomic E-state index is 0.203. The van der Waals surface area contributed by atoms with Gasteiger partial charge in [-0.3, -0.25) is 0 Å². The zero-order valence-electron chi connectivity index (χ0n) is 30.2. The number of benzene rings is 9. The van der Waals surface area contributed by atoms with Gasteiger partial charge in [0.2, 0.25) is 0 Å². The molecule has 0 aliphatic heterocycles. The highest BCUT2D eigenvalue weighted by molar-refractivity contribution is 6.19. The van der Waals surface area contributed by atoms with E-state index in [4.69, 9.17) is 0 Å². The molecular formula is C54H35N. The van der Waals surface area contributed by atoms with Gasteiger partial charge >= 0.3 is 0 Å². The van der Waals surface area contributed by atoms with Crippen molar-refractivity contribution >= 4 is 32.6 Å². The summed E-state index contributed by atoms with van der Waals surface area (Å²) < 4.78 is 2.50. The van der Waals surface area contributed by atoms with Gasteiger partial charge in [-0.1, -0.05) is 164 Å². The van der Waals surface area contributed by atoms with Gasteiger partial charge in [-0.25, -0.2) is 0 Å². The van der Waals surface area contributed by atoms with Crippen LogP contribution in [0.15, 0.2) is 194 Å². The smallest absolute Gasteiger partial charge is 0.0547 e. The molecule has 0 amide bonds. The molecule has 12 rings (SSSR count). The summed E-state index contributed by atoms with van der Waals surface area (Å²) in [7, 11) is 0. The molecule has 256 valence electrons. The Morgan fingerprint density at radius 3 is 1.98 bits per heavy atom. The van der Waals surface area contributed by atoms with Crippen LogP contribution >= 0.6 is 0 Å². The molecule has 2 aliphatic rings. The van der Waals surface area contributed by atoms with Crippen LogP contribution in [0.25, 0.3) is 82.8 Å². The van der Waals surface area contributed by atoms with E-state index in [0.717, 1.165) is 6.42 Å². The number of rotatable bonds is 4. The third-order valence-electron chi connectivity index (χ3n) is 12.3. The molecule has 1 heterocycles. The third kappa shape index (κ3) is 4.54. The fourth-order valence-electron chi connectivity index (χ4n) is 9.82. The lowest BCUT2D eigenvalue weighted by Gasteiger charge is -2.15. The number of nitrogens with zero attached hydrogens (tertiary/aromatic N) is 1. The lowest BCUT2D eigenvalue weighted by atomic mass is 9.88. The summed E-state index contributed by atoms with van der Waals surface area (Å²) in [6.07, 6.45) is 0.975. The van der Waals surface area contributed by atoms with Crippen molar-refractivity contribution < 1.29 is 0 Å². The van der Waals surface area contributed by atoms with Crippen molar-refractivity contribution in [3.05, 3.63) is 222 Å². The van der Waals surface area contributed by atoms with E-state index in [9.17, 15) is 0 Å². The molecule has 2 aliphatic carbocycles. The van der Waals surface area contributed by atoms with Gasteiger partial charge in [0.15, 0.2) is 0 Å². The van der Waals surface area contributed by atoms with Crippen molar-refractivity contribution in [2.24, 2.45) is 0 Å². The fourth-order valence-corrected chi connectivity index (χ4v) is 9.82. The summed E-state index contributed by atoms with van der Waals surface area (Å²) in [6.45, 7) is 0.